The van der Waals surface area contributed by atoms with Crippen LogP contribution in [0.5, 0.6) is 11.5 Å². The molecule has 5 heteroatoms. The lowest BCUT2D eigenvalue weighted by Crippen LogP contribution is -2.34. The van der Waals surface area contributed by atoms with E-state index in [9.17, 15) is 4.79 Å². The molecule has 2 rings (SSSR count). The molecule has 0 bridgehead atoms. The molecule has 0 heterocycles. The molecule has 0 saturated carbocycles. The van der Waals surface area contributed by atoms with E-state index in [0.717, 1.165) is 29.0 Å². The second kappa shape index (κ2) is 9.57. The molecule has 24 heavy (non-hydrogen) atoms. The van der Waals surface area contributed by atoms with E-state index < -0.39 is 0 Å². The third-order valence-electron chi connectivity index (χ3n) is 3.70. The molecule has 128 valence electrons. The summed E-state index contributed by atoms with van der Waals surface area (Å²) in [6, 6.07) is 15.6. The van der Waals surface area contributed by atoms with Crippen LogP contribution >= 0.6 is 0 Å². The van der Waals surface area contributed by atoms with Crippen LogP contribution in [0.1, 0.15) is 11.1 Å². The first-order valence-electron chi connectivity index (χ1n) is 7.95. The lowest BCUT2D eigenvalue weighted by Gasteiger charge is -2.11. The van der Waals surface area contributed by atoms with Gasteiger partial charge in [0.25, 0.3) is 0 Å². The maximum Gasteiger partial charge on any atom is 0.233 e. The van der Waals surface area contributed by atoms with Gasteiger partial charge in [-0.3, -0.25) is 4.79 Å². The Kier molecular flexibility index (Phi) is 7.11. The van der Waals surface area contributed by atoms with E-state index in [0.29, 0.717) is 13.1 Å². The van der Waals surface area contributed by atoms with Crippen molar-refractivity contribution in [3.63, 3.8) is 0 Å². The van der Waals surface area contributed by atoms with Gasteiger partial charge in [-0.05, 0) is 24.1 Å². The van der Waals surface area contributed by atoms with Crippen LogP contribution < -0.4 is 20.1 Å². The Morgan fingerprint density at radius 3 is 2.17 bits per heavy atom. The quantitative estimate of drug-likeness (QED) is 0.740. The zero-order chi connectivity index (χ0) is 17.2. The number of benzene rings is 2. The van der Waals surface area contributed by atoms with Crippen LogP contribution in [0.3, 0.4) is 0 Å². The number of para-hydroxylation sites is 2. The standard InChI is InChI=1S/C19H24N2O3/c1-23-17-9-5-3-7-15(17)11-12-21-19(22)14-20-13-16-8-4-6-10-18(16)24-2/h3-10,20H,11-14H2,1-2H3,(H,21,22). The zero-order valence-corrected chi connectivity index (χ0v) is 14.2. The van der Waals surface area contributed by atoms with Crippen LogP contribution in [-0.4, -0.2) is 33.2 Å². The number of nitrogens with one attached hydrogen (secondary N) is 2. The third kappa shape index (κ3) is 5.28. The highest BCUT2D eigenvalue weighted by molar-refractivity contribution is 5.78. The minimum absolute atomic E-state index is 0.0280. The predicted molar refractivity (Wildman–Crippen MR) is 94.4 cm³/mol. The zero-order valence-electron chi connectivity index (χ0n) is 14.2. The van der Waals surface area contributed by atoms with Crippen molar-refractivity contribution in [2.75, 3.05) is 27.3 Å². The number of rotatable bonds is 9. The van der Waals surface area contributed by atoms with E-state index in [1.807, 2.05) is 48.5 Å². The maximum atomic E-state index is 11.9. The van der Waals surface area contributed by atoms with Gasteiger partial charge in [-0.2, -0.15) is 0 Å². The van der Waals surface area contributed by atoms with Crippen molar-refractivity contribution in [1.29, 1.82) is 0 Å². The smallest absolute Gasteiger partial charge is 0.233 e. The Morgan fingerprint density at radius 2 is 1.50 bits per heavy atom. The molecule has 0 spiro atoms. The summed E-state index contributed by atoms with van der Waals surface area (Å²) >= 11 is 0. The molecule has 2 aromatic rings. The molecular formula is C19H24N2O3. The average molecular weight is 328 g/mol. The minimum Gasteiger partial charge on any atom is -0.496 e. The molecule has 0 aliphatic rings. The van der Waals surface area contributed by atoms with E-state index >= 15 is 0 Å². The van der Waals surface area contributed by atoms with Crippen LogP contribution in [0.2, 0.25) is 0 Å². The molecule has 0 aliphatic heterocycles. The van der Waals surface area contributed by atoms with E-state index in [1.54, 1.807) is 14.2 Å². The Morgan fingerprint density at radius 1 is 0.917 bits per heavy atom. The molecule has 0 atom stereocenters. The highest BCUT2D eigenvalue weighted by Gasteiger charge is 2.05. The molecule has 0 saturated heterocycles. The molecule has 1 amide bonds. The summed E-state index contributed by atoms with van der Waals surface area (Å²) in [5.41, 5.74) is 2.11. The Bertz CT molecular complexity index is 603. The fourth-order valence-electron chi connectivity index (χ4n) is 2.47. The number of methoxy groups -OCH3 is 2. The Hall–Kier alpha value is -2.53. The molecule has 0 radical (unpaired) electrons. The van der Waals surface area contributed by atoms with E-state index in [4.69, 9.17) is 9.47 Å². The van der Waals surface area contributed by atoms with Gasteiger partial charge >= 0.3 is 0 Å². The predicted octanol–water partition coefficient (Wildman–Crippen LogP) is 2.15. The topological polar surface area (TPSA) is 59.6 Å². The van der Waals surface area contributed by atoms with Crippen LogP contribution in [0.25, 0.3) is 0 Å². The van der Waals surface area contributed by atoms with Crippen molar-refractivity contribution in [2.45, 2.75) is 13.0 Å². The molecule has 2 N–H and O–H groups in total. The Labute approximate surface area is 143 Å². The lowest BCUT2D eigenvalue weighted by atomic mass is 10.1. The average Bonchev–Trinajstić information content (AvgIpc) is 2.62. The summed E-state index contributed by atoms with van der Waals surface area (Å²) in [5, 5.41) is 6.04. The normalized spacial score (nSPS) is 10.2. The van der Waals surface area contributed by atoms with Crippen molar-refractivity contribution in [1.82, 2.24) is 10.6 Å². The molecule has 0 fully saturated rings. The van der Waals surface area contributed by atoms with Gasteiger partial charge < -0.3 is 20.1 Å². The van der Waals surface area contributed by atoms with Crippen LogP contribution in [-0.2, 0) is 17.8 Å². The minimum atomic E-state index is -0.0280. The van der Waals surface area contributed by atoms with E-state index in [-0.39, 0.29) is 12.5 Å². The summed E-state index contributed by atoms with van der Waals surface area (Å²) in [6.07, 6.45) is 0.738. The number of carbonyl (C=O) groups excluding carboxylic acids is 1. The Balaban J connectivity index is 1.70. The molecule has 0 aliphatic carbocycles. The largest absolute Gasteiger partial charge is 0.496 e. The van der Waals surface area contributed by atoms with Crippen molar-refractivity contribution in [2.24, 2.45) is 0 Å². The third-order valence-corrected chi connectivity index (χ3v) is 3.70. The van der Waals surface area contributed by atoms with Gasteiger partial charge in [-0.25, -0.2) is 0 Å². The summed E-state index contributed by atoms with van der Waals surface area (Å²) < 4.78 is 10.6. The SMILES string of the molecule is COc1ccccc1CCNC(=O)CNCc1ccccc1OC. The summed E-state index contributed by atoms with van der Waals surface area (Å²) in [5.74, 6) is 1.64. The second-order valence-corrected chi connectivity index (χ2v) is 5.33. The first kappa shape index (κ1) is 17.8. The van der Waals surface area contributed by atoms with Gasteiger partial charge in [-0.15, -0.1) is 0 Å². The summed E-state index contributed by atoms with van der Waals surface area (Å²) in [7, 11) is 3.29. The van der Waals surface area contributed by atoms with Gasteiger partial charge in [0.1, 0.15) is 11.5 Å². The number of ether oxygens (including phenoxy) is 2. The van der Waals surface area contributed by atoms with Crippen LogP contribution in [0.4, 0.5) is 0 Å². The summed E-state index contributed by atoms with van der Waals surface area (Å²) in [4.78, 5) is 11.9. The fourth-order valence-corrected chi connectivity index (χ4v) is 2.47. The second-order valence-electron chi connectivity index (χ2n) is 5.33. The lowest BCUT2D eigenvalue weighted by molar-refractivity contribution is -0.120. The van der Waals surface area contributed by atoms with Gasteiger partial charge in [0, 0.05) is 18.7 Å². The number of carbonyl (C=O) groups is 1. The molecule has 0 unspecified atom stereocenters. The van der Waals surface area contributed by atoms with Gasteiger partial charge in [0.15, 0.2) is 0 Å². The van der Waals surface area contributed by atoms with Gasteiger partial charge in [0.2, 0.25) is 5.91 Å². The number of hydrogen-bond donors (Lipinski definition) is 2. The van der Waals surface area contributed by atoms with Crippen molar-refractivity contribution in [3.8, 4) is 11.5 Å². The maximum absolute atomic E-state index is 11.9. The summed E-state index contributed by atoms with van der Waals surface area (Å²) in [6.45, 7) is 1.43. The van der Waals surface area contributed by atoms with Crippen LogP contribution in [0, 0.1) is 0 Å². The highest BCUT2D eigenvalue weighted by Crippen LogP contribution is 2.17. The van der Waals surface area contributed by atoms with Gasteiger partial charge in [-0.1, -0.05) is 36.4 Å². The molecule has 2 aromatic carbocycles. The molecule has 5 nitrogen and oxygen atoms in total. The van der Waals surface area contributed by atoms with Crippen molar-refractivity contribution < 1.29 is 14.3 Å². The molecular weight excluding hydrogens is 304 g/mol. The number of hydrogen-bond acceptors (Lipinski definition) is 4. The number of amides is 1. The monoisotopic (exact) mass is 328 g/mol. The van der Waals surface area contributed by atoms with Gasteiger partial charge in [0.05, 0.1) is 20.8 Å². The first-order valence-corrected chi connectivity index (χ1v) is 7.95. The van der Waals surface area contributed by atoms with Crippen LogP contribution in [0.15, 0.2) is 48.5 Å². The van der Waals surface area contributed by atoms with E-state index in [2.05, 4.69) is 10.6 Å². The van der Waals surface area contributed by atoms with E-state index in [1.165, 1.54) is 0 Å². The highest BCUT2D eigenvalue weighted by atomic mass is 16.5. The van der Waals surface area contributed by atoms with Crippen molar-refractivity contribution in [3.05, 3.63) is 59.7 Å². The first-order chi connectivity index (χ1) is 11.7. The fraction of sp³-hybridized carbons (Fsp3) is 0.316. The molecule has 0 aromatic heterocycles. The van der Waals surface area contributed by atoms with Crippen molar-refractivity contribution >= 4 is 5.91 Å².